The van der Waals surface area contributed by atoms with Gasteiger partial charge in [-0.1, -0.05) is 26.0 Å². The van der Waals surface area contributed by atoms with Gasteiger partial charge in [0.2, 0.25) is 0 Å². The zero-order valence-corrected chi connectivity index (χ0v) is 11.8. The number of carbonyl (C=O) groups excluding carboxylic acids is 1. The fourth-order valence-corrected chi connectivity index (χ4v) is 2.57. The number of hydrogen-bond donors (Lipinski definition) is 1. The zero-order chi connectivity index (χ0) is 13.5. The Morgan fingerprint density at radius 2 is 2.17 bits per heavy atom. The average Bonchev–Trinajstić information content (AvgIpc) is 2.33. The number of methoxy groups -OCH3 is 1. The molecule has 0 aromatic carbocycles. The van der Waals surface area contributed by atoms with Gasteiger partial charge in [0.25, 0.3) is 0 Å². The lowest BCUT2D eigenvalue weighted by molar-refractivity contribution is -0.142. The second-order valence-electron chi connectivity index (χ2n) is 4.91. The summed E-state index contributed by atoms with van der Waals surface area (Å²) in [6.07, 6.45) is 4.55. The zero-order valence-electron chi connectivity index (χ0n) is 11.8. The molecule has 0 amide bonds. The van der Waals surface area contributed by atoms with Crippen molar-refractivity contribution in [1.82, 2.24) is 5.32 Å². The Morgan fingerprint density at radius 3 is 2.78 bits per heavy atom. The van der Waals surface area contributed by atoms with Crippen molar-refractivity contribution >= 4 is 5.97 Å². The third kappa shape index (κ3) is 4.10. The first-order valence-electron chi connectivity index (χ1n) is 6.68. The highest BCUT2D eigenvalue weighted by Crippen LogP contribution is 2.24. The molecule has 0 saturated carbocycles. The van der Waals surface area contributed by atoms with Crippen LogP contribution in [0, 0.1) is 11.8 Å². The number of hydrogen-bond acceptors (Lipinski definition) is 4. The van der Waals surface area contributed by atoms with Crippen LogP contribution in [0.1, 0.15) is 27.2 Å². The van der Waals surface area contributed by atoms with Crippen molar-refractivity contribution in [3.8, 4) is 0 Å². The van der Waals surface area contributed by atoms with E-state index in [1.165, 1.54) is 0 Å². The molecule has 0 aliphatic carbocycles. The second kappa shape index (κ2) is 7.54. The molecule has 1 heterocycles. The van der Waals surface area contributed by atoms with E-state index in [9.17, 15) is 4.79 Å². The number of piperidine rings is 1. The van der Waals surface area contributed by atoms with E-state index in [0.717, 1.165) is 6.54 Å². The Bertz CT molecular complexity index is 291. The standard InChI is InChI=1S/C14H25NO3/c1-5-18-13(16)8-6-7-12-11(3)14(17-4)10(2)9-15-12/h6-7,10-12,14-15H,5,8-9H2,1-4H3/b7-6+. The van der Waals surface area contributed by atoms with Crippen molar-refractivity contribution < 1.29 is 14.3 Å². The van der Waals surface area contributed by atoms with Crippen LogP contribution < -0.4 is 5.32 Å². The summed E-state index contributed by atoms with van der Waals surface area (Å²) in [6, 6.07) is 0.264. The molecule has 1 aliphatic rings. The van der Waals surface area contributed by atoms with E-state index < -0.39 is 0 Å². The largest absolute Gasteiger partial charge is 0.466 e. The van der Waals surface area contributed by atoms with E-state index in [4.69, 9.17) is 9.47 Å². The Morgan fingerprint density at radius 1 is 1.44 bits per heavy atom. The Kier molecular flexibility index (Phi) is 6.36. The summed E-state index contributed by atoms with van der Waals surface area (Å²) >= 11 is 0. The minimum absolute atomic E-state index is 0.172. The van der Waals surface area contributed by atoms with Gasteiger partial charge in [-0.2, -0.15) is 0 Å². The predicted octanol–water partition coefficient (Wildman–Crippen LogP) is 1.75. The second-order valence-corrected chi connectivity index (χ2v) is 4.91. The average molecular weight is 255 g/mol. The summed E-state index contributed by atoms with van der Waals surface area (Å²) < 4.78 is 10.4. The number of esters is 1. The Labute approximate surface area is 110 Å². The lowest BCUT2D eigenvalue weighted by atomic mass is 9.83. The maximum Gasteiger partial charge on any atom is 0.309 e. The summed E-state index contributed by atoms with van der Waals surface area (Å²) in [4.78, 5) is 11.2. The maximum absolute atomic E-state index is 11.2. The van der Waals surface area contributed by atoms with Crippen LogP contribution >= 0.6 is 0 Å². The van der Waals surface area contributed by atoms with Crippen LogP contribution in [0.4, 0.5) is 0 Å². The first kappa shape index (κ1) is 15.2. The molecule has 1 saturated heterocycles. The van der Waals surface area contributed by atoms with Gasteiger partial charge in [0.05, 0.1) is 19.1 Å². The summed E-state index contributed by atoms with van der Waals surface area (Å²) in [5.41, 5.74) is 0. The van der Waals surface area contributed by atoms with Crippen LogP contribution in [0.3, 0.4) is 0 Å². The van der Waals surface area contributed by atoms with Crippen LogP contribution in [0.25, 0.3) is 0 Å². The molecule has 104 valence electrons. The van der Waals surface area contributed by atoms with Gasteiger partial charge in [-0.25, -0.2) is 0 Å². The molecule has 1 fully saturated rings. The van der Waals surface area contributed by atoms with E-state index in [2.05, 4.69) is 25.2 Å². The van der Waals surface area contributed by atoms with Crippen LogP contribution in [-0.4, -0.2) is 38.4 Å². The number of carbonyl (C=O) groups is 1. The van der Waals surface area contributed by atoms with E-state index in [0.29, 0.717) is 24.9 Å². The molecular weight excluding hydrogens is 230 g/mol. The Balaban J connectivity index is 2.46. The normalized spacial score (nSPS) is 32.7. The van der Waals surface area contributed by atoms with Gasteiger partial charge in [0.1, 0.15) is 0 Å². The first-order valence-corrected chi connectivity index (χ1v) is 6.68. The maximum atomic E-state index is 11.2. The first-order chi connectivity index (χ1) is 8.60. The molecule has 0 aromatic heterocycles. The summed E-state index contributed by atoms with van der Waals surface area (Å²) in [6.45, 7) is 7.56. The highest BCUT2D eigenvalue weighted by Gasteiger charge is 2.32. The Hall–Kier alpha value is -0.870. The molecule has 18 heavy (non-hydrogen) atoms. The van der Waals surface area contributed by atoms with Gasteiger partial charge in [0.15, 0.2) is 0 Å². The highest BCUT2D eigenvalue weighted by atomic mass is 16.5. The van der Waals surface area contributed by atoms with Gasteiger partial charge in [-0.15, -0.1) is 0 Å². The minimum Gasteiger partial charge on any atom is -0.466 e. The molecule has 4 atom stereocenters. The molecule has 1 N–H and O–H groups in total. The van der Waals surface area contributed by atoms with E-state index in [1.807, 2.05) is 13.0 Å². The molecule has 0 radical (unpaired) electrons. The molecule has 0 bridgehead atoms. The van der Waals surface area contributed by atoms with Crippen LogP contribution in [0.2, 0.25) is 0 Å². The smallest absolute Gasteiger partial charge is 0.309 e. The van der Waals surface area contributed by atoms with E-state index >= 15 is 0 Å². The fraction of sp³-hybridized carbons (Fsp3) is 0.786. The lowest BCUT2D eigenvalue weighted by Gasteiger charge is -2.39. The van der Waals surface area contributed by atoms with Gasteiger partial charge in [-0.3, -0.25) is 4.79 Å². The fourth-order valence-electron chi connectivity index (χ4n) is 2.57. The molecule has 0 spiro atoms. The van der Waals surface area contributed by atoms with Gasteiger partial charge in [-0.05, 0) is 12.8 Å². The van der Waals surface area contributed by atoms with Crippen LogP contribution in [0.5, 0.6) is 0 Å². The van der Waals surface area contributed by atoms with Crippen molar-refractivity contribution in [2.45, 2.75) is 39.3 Å². The quantitative estimate of drug-likeness (QED) is 0.600. The van der Waals surface area contributed by atoms with Crippen molar-refractivity contribution in [3.05, 3.63) is 12.2 Å². The van der Waals surface area contributed by atoms with Gasteiger partial charge >= 0.3 is 5.97 Å². The number of rotatable bonds is 5. The SMILES string of the molecule is CCOC(=O)C/C=C/C1NCC(C)C(OC)C1C. The topological polar surface area (TPSA) is 47.6 Å². The molecule has 4 heteroatoms. The van der Waals surface area contributed by atoms with Crippen molar-refractivity contribution in [1.29, 1.82) is 0 Å². The highest BCUT2D eigenvalue weighted by molar-refractivity contribution is 5.71. The summed E-state index contributed by atoms with van der Waals surface area (Å²) in [5, 5.41) is 3.47. The number of nitrogens with one attached hydrogen (secondary N) is 1. The number of ether oxygens (including phenoxy) is 2. The van der Waals surface area contributed by atoms with Crippen molar-refractivity contribution in [2.24, 2.45) is 11.8 Å². The summed E-state index contributed by atoms with van der Waals surface area (Å²) in [5.74, 6) is 0.741. The van der Waals surface area contributed by atoms with Crippen LogP contribution in [0.15, 0.2) is 12.2 Å². The molecular formula is C14H25NO3. The van der Waals surface area contributed by atoms with E-state index in [1.54, 1.807) is 7.11 Å². The molecule has 0 aromatic rings. The van der Waals surface area contributed by atoms with Gasteiger partial charge in [0, 0.05) is 25.6 Å². The van der Waals surface area contributed by atoms with E-state index in [-0.39, 0.29) is 18.1 Å². The third-order valence-electron chi connectivity index (χ3n) is 3.53. The molecule has 1 rings (SSSR count). The molecule has 4 unspecified atom stereocenters. The predicted molar refractivity (Wildman–Crippen MR) is 71.3 cm³/mol. The summed E-state index contributed by atoms with van der Waals surface area (Å²) in [7, 11) is 1.77. The monoisotopic (exact) mass is 255 g/mol. The molecule has 1 aliphatic heterocycles. The minimum atomic E-state index is -0.172. The van der Waals surface area contributed by atoms with Crippen molar-refractivity contribution in [2.75, 3.05) is 20.3 Å². The van der Waals surface area contributed by atoms with Crippen molar-refractivity contribution in [3.63, 3.8) is 0 Å². The molecule has 4 nitrogen and oxygen atoms in total. The third-order valence-corrected chi connectivity index (χ3v) is 3.53. The lowest BCUT2D eigenvalue weighted by Crippen LogP contribution is -2.51. The van der Waals surface area contributed by atoms with Crippen LogP contribution in [-0.2, 0) is 14.3 Å². The van der Waals surface area contributed by atoms with Gasteiger partial charge < -0.3 is 14.8 Å².